The fourth-order valence-corrected chi connectivity index (χ4v) is 4.43. The third kappa shape index (κ3) is 5.71. The van der Waals surface area contributed by atoms with Crippen LogP contribution < -0.4 is 10.6 Å². The van der Waals surface area contributed by atoms with Gasteiger partial charge in [0, 0.05) is 18.6 Å². The Morgan fingerprint density at radius 2 is 1.84 bits per heavy atom. The minimum Gasteiger partial charge on any atom is -0.379 e. The van der Waals surface area contributed by atoms with Crippen molar-refractivity contribution in [2.45, 2.75) is 57.2 Å². The van der Waals surface area contributed by atoms with Crippen LogP contribution in [0.5, 0.6) is 0 Å². The Labute approximate surface area is 214 Å². The predicted molar refractivity (Wildman–Crippen MR) is 121 cm³/mol. The number of ether oxygens (including phenoxy) is 3. The Hall–Kier alpha value is -2.97. The van der Waals surface area contributed by atoms with Crippen molar-refractivity contribution in [1.29, 1.82) is 0 Å². The zero-order valence-corrected chi connectivity index (χ0v) is 20.5. The molecule has 1 amide bonds. The number of hydrogen-bond donors (Lipinski definition) is 2. The zero-order valence-electron chi connectivity index (χ0n) is 20.5. The van der Waals surface area contributed by atoms with Crippen LogP contribution in [0.2, 0.25) is 0 Å². The van der Waals surface area contributed by atoms with E-state index in [4.69, 9.17) is 14.2 Å². The van der Waals surface area contributed by atoms with Crippen molar-refractivity contribution >= 4 is 11.7 Å². The molecular formula is C24H26F6N4O4. The van der Waals surface area contributed by atoms with Gasteiger partial charge in [-0.15, -0.1) is 0 Å². The number of carbonyl (C=O) groups excluding carboxylic acids is 1. The van der Waals surface area contributed by atoms with E-state index in [1.54, 1.807) is 0 Å². The highest BCUT2D eigenvalue weighted by Crippen LogP contribution is 2.38. The summed E-state index contributed by atoms with van der Waals surface area (Å²) in [5.74, 6) is -1.82. The molecular weight excluding hydrogens is 522 g/mol. The summed E-state index contributed by atoms with van der Waals surface area (Å²) in [6, 6.07) is 2.74. The lowest BCUT2D eigenvalue weighted by Gasteiger charge is -2.31. The number of nitrogens with one attached hydrogen (secondary N) is 2. The van der Waals surface area contributed by atoms with Crippen LogP contribution in [0.1, 0.15) is 60.3 Å². The molecule has 2 saturated heterocycles. The number of nitrogens with zero attached hydrogens (tertiary/aromatic N) is 2. The summed E-state index contributed by atoms with van der Waals surface area (Å²) in [4.78, 5) is 21.4. The molecule has 38 heavy (non-hydrogen) atoms. The molecule has 2 aliphatic rings. The van der Waals surface area contributed by atoms with Gasteiger partial charge in [-0.05, 0) is 13.8 Å². The second kappa shape index (κ2) is 11.0. The van der Waals surface area contributed by atoms with E-state index >= 15 is 0 Å². The third-order valence-corrected chi connectivity index (χ3v) is 6.38. The van der Waals surface area contributed by atoms with Gasteiger partial charge < -0.3 is 24.8 Å². The molecule has 3 heterocycles. The Balaban J connectivity index is 1.66. The lowest BCUT2D eigenvalue weighted by atomic mass is 9.97. The van der Waals surface area contributed by atoms with E-state index in [1.165, 1.54) is 26.0 Å². The first-order valence-corrected chi connectivity index (χ1v) is 11.8. The number of halogens is 6. The van der Waals surface area contributed by atoms with Crippen molar-refractivity contribution in [2.75, 3.05) is 31.7 Å². The fraction of sp³-hybridized carbons (Fsp3) is 0.542. The second-order valence-electron chi connectivity index (χ2n) is 9.08. The molecule has 0 radical (unpaired) electrons. The van der Waals surface area contributed by atoms with E-state index in [1.807, 2.05) is 0 Å². The fourth-order valence-electron chi connectivity index (χ4n) is 4.43. The number of amides is 1. The largest absolute Gasteiger partial charge is 0.413 e. The number of anilines is 1. The highest BCUT2D eigenvalue weighted by atomic mass is 19.4. The molecule has 2 fully saturated rings. The van der Waals surface area contributed by atoms with Crippen LogP contribution >= 0.6 is 0 Å². The molecule has 14 heteroatoms. The van der Waals surface area contributed by atoms with E-state index in [-0.39, 0.29) is 48.3 Å². The van der Waals surface area contributed by atoms with Gasteiger partial charge in [0.1, 0.15) is 17.5 Å². The average Bonchev–Trinajstić information content (AvgIpc) is 3.51. The van der Waals surface area contributed by atoms with E-state index in [2.05, 4.69) is 20.6 Å². The molecule has 1 aromatic carbocycles. The number of carbonyl (C=O) groups is 1. The monoisotopic (exact) mass is 548 g/mol. The summed E-state index contributed by atoms with van der Waals surface area (Å²) in [5, 5.41) is 5.00. The van der Waals surface area contributed by atoms with Crippen LogP contribution in [0, 0.1) is 12.7 Å². The van der Waals surface area contributed by atoms with Crippen LogP contribution in [-0.2, 0) is 25.4 Å². The highest BCUT2D eigenvalue weighted by molar-refractivity contribution is 5.80. The van der Waals surface area contributed by atoms with Gasteiger partial charge in [0.15, 0.2) is 11.8 Å². The standard InChI is InChI=1S/C24H26F6N4O4/c1-12(14-4-3-5-15(19(14)25)20(26)27)31-21-18(22-37-8-9-38-22)16(32-13(2)33-21)10-17(35)34-23(24(28,29)30)6-7-36-11-23/h3-5,12,20,22H,6-11H2,1-2H3,(H,34,35)(H,31,32,33)/t12-,23?/m1/s1. The summed E-state index contributed by atoms with van der Waals surface area (Å²) < 4.78 is 98.4. The van der Waals surface area contributed by atoms with Gasteiger partial charge in [-0.25, -0.2) is 23.1 Å². The quantitative estimate of drug-likeness (QED) is 0.471. The van der Waals surface area contributed by atoms with E-state index < -0.39 is 67.2 Å². The van der Waals surface area contributed by atoms with Crippen LogP contribution in [0.25, 0.3) is 0 Å². The Kier molecular flexibility index (Phi) is 8.14. The van der Waals surface area contributed by atoms with Crippen molar-refractivity contribution < 1.29 is 45.3 Å². The number of alkyl halides is 5. The average molecular weight is 548 g/mol. The summed E-state index contributed by atoms with van der Waals surface area (Å²) in [6.45, 7) is 2.54. The van der Waals surface area contributed by atoms with Crippen LogP contribution in [-0.4, -0.2) is 54.0 Å². The Morgan fingerprint density at radius 3 is 2.45 bits per heavy atom. The maximum absolute atomic E-state index is 14.8. The van der Waals surface area contributed by atoms with E-state index in [0.29, 0.717) is 0 Å². The minimum absolute atomic E-state index is 0.0367. The SMILES string of the molecule is Cc1nc(CC(=O)NC2(C(F)(F)F)CCOC2)c(C2OCCO2)c(N[C@H](C)c2cccc(C(F)F)c2F)n1. The molecule has 2 atom stereocenters. The van der Waals surface area contributed by atoms with Crippen molar-refractivity contribution in [2.24, 2.45) is 0 Å². The molecule has 0 spiro atoms. The number of benzene rings is 1. The number of hydrogen-bond acceptors (Lipinski definition) is 7. The van der Waals surface area contributed by atoms with Crippen molar-refractivity contribution in [1.82, 2.24) is 15.3 Å². The lowest BCUT2D eigenvalue weighted by molar-refractivity contribution is -0.197. The normalized spacial score (nSPS) is 21.2. The molecule has 1 aromatic heterocycles. The molecule has 0 bridgehead atoms. The number of rotatable bonds is 8. The topological polar surface area (TPSA) is 94.6 Å². The molecule has 4 rings (SSSR count). The third-order valence-electron chi connectivity index (χ3n) is 6.38. The van der Waals surface area contributed by atoms with E-state index in [9.17, 15) is 31.1 Å². The lowest BCUT2D eigenvalue weighted by Crippen LogP contribution is -2.59. The number of aromatic nitrogens is 2. The Morgan fingerprint density at radius 1 is 1.16 bits per heavy atom. The van der Waals surface area contributed by atoms with Crippen molar-refractivity contribution in [3.8, 4) is 0 Å². The zero-order chi connectivity index (χ0) is 27.7. The summed E-state index contributed by atoms with van der Waals surface area (Å²) in [6.07, 6.45) is -9.81. The Bertz CT molecular complexity index is 1170. The molecule has 1 unspecified atom stereocenters. The van der Waals surface area contributed by atoms with Crippen molar-refractivity contribution in [3.05, 3.63) is 52.2 Å². The molecule has 0 aliphatic carbocycles. The predicted octanol–water partition coefficient (Wildman–Crippen LogP) is 4.46. The van der Waals surface area contributed by atoms with Gasteiger partial charge in [-0.2, -0.15) is 13.2 Å². The molecule has 208 valence electrons. The first-order valence-electron chi connectivity index (χ1n) is 11.8. The maximum atomic E-state index is 14.8. The van der Waals surface area contributed by atoms with Gasteiger partial charge in [0.2, 0.25) is 5.91 Å². The first kappa shape index (κ1) is 28.0. The molecule has 0 saturated carbocycles. The molecule has 8 nitrogen and oxygen atoms in total. The smallest absolute Gasteiger partial charge is 0.379 e. The maximum Gasteiger partial charge on any atom is 0.413 e. The van der Waals surface area contributed by atoms with Gasteiger partial charge in [-0.3, -0.25) is 4.79 Å². The second-order valence-corrected chi connectivity index (χ2v) is 9.08. The molecule has 2 aliphatic heterocycles. The van der Waals surface area contributed by atoms with Crippen molar-refractivity contribution in [3.63, 3.8) is 0 Å². The van der Waals surface area contributed by atoms with Gasteiger partial charge in [0.25, 0.3) is 6.43 Å². The van der Waals surface area contributed by atoms with Gasteiger partial charge >= 0.3 is 6.18 Å². The number of aryl methyl sites for hydroxylation is 1. The van der Waals surface area contributed by atoms with Gasteiger partial charge in [-0.1, -0.05) is 18.2 Å². The summed E-state index contributed by atoms with van der Waals surface area (Å²) in [5.41, 5.74) is -3.16. The first-order chi connectivity index (χ1) is 17.9. The van der Waals surface area contributed by atoms with Crippen LogP contribution in [0.15, 0.2) is 18.2 Å². The summed E-state index contributed by atoms with van der Waals surface area (Å²) in [7, 11) is 0. The van der Waals surface area contributed by atoms with Gasteiger partial charge in [0.05, 0.1) is 49.1 Å². The molecule has 2 N–H and O–H groups in total. The highest BCUT2D eigenvalue weighted by Gasteiger charge is 2.58. The van der Waals surface area contributed by atoms with Crippen LogP contribution in [0.3, 0.4) is 0 Å². The van der Waals surface area contributed by atoms with E-state index in [0.717, 1.165) is 6.07 Å². The molecule has 2 aromatic rings. The summed E-state index contributed by atoms with van der Waals surface area (Å²) >= 11 is 0. The minimum atomic E-state index is -4.74. The van der Waals surface area contributed by atoms with Crippen LogP contribution in [0.4, 0.5) is 32.2 Å².